The predicted molar refractivity (Wildman–Crippen MR) is 61.2 cm³/mol. The van der Waals surface area contributed by atoms with Crippen LogP contribution in [0.25, 0.3) is 0 Å². The third-order valence-corrected chi connectivity index (χ3v) is 2.85. The first-order valence-corrected chi connectivity index (χ1v) is 5.61. The Hall–Kier alpha value is -1.06. The number of nitrogens with zero attached hydrogens (tertiary/aromatic N) is 1. The van der Waals surface area contributed by atoms with Gasteiger partial charge in [-0.1, -0.05) is 0 Å². The van der Waals surface area contributed by atoms with Crippen molar-refractivity contribution in [2.75, 3.05) is 13.6 Å². The molecule has 0 aliphatic heterocycles. The first kappa shape index (κ1) is 13.0. The lowest BCUT2D eigenvalue weighted by atomic mass is 10.0. The van der Waals surface area contributed by atoms with E-state index in [0.29, 0.717) is 6.54 Å². The van der Waals surface area contributed by atoms with Gasteiger partial charge >= 0.3 is 6.09 Å². The van der Waals surface area contributed by atoms with E-state index in [1.54, 1.807) is 14.0 Å². The van der Waals surface area contributed by atoms with Crippen molar-refractivity contribution in [2.45, 2.75) is 46.1 Å². The molecule has 0 N–H and O–H groups in total. The Labute approximate surface area is 96.9 Å². The highest BCUT2D eigenvalue weighted by molar-refractivity contribution is 5.85. The molecule has 92 valence electrons. The smallest absolute Gasteiger partial charge is 0.410 e. The monoisotopic (exact) mass is 227 g/mol. The molecule has 0 radical (unpaired) electrons. The molecule has 0 saturated heterocycles. The van der Waals surface area contributed by atoms with Crippen LogP contribution in [0.1, 0.15) is 40.5 Å². The van der Waals surface area contributed by atoms with Crippen molar-refractivity contribution in [1.29, 1.82) is 0 Å². The van der Waals surface area contributed by atoms with Crippen LogP contribution in [0.5, 0.6) is 0 Å². The Morgan fingerprint density at radius 3 is 2.12 bits per heavy atom. The molecule has 1 fully saturated rings. The first-order chi connectivity index (χ1) is 7.16. The summed E-state index contributed by atoms with van der Waals surface area (Å²) < 4.78 is 5.23. The van der Waals surface area contributed by atoms with Crippen molar-refractivity contribution in [3.63, 3.8) is 0 Å². The van der Waals surface area contributed by atoms with E-state index >= 15 is 0 Å². The standard InChI is InChI=1S/C12H21NO3/c1-9(14)12(6-7-12)8-13(5)10(15)16-11(2,3)4/h6-8H2,1-5H3. The molecule has 0 aromatic rings. The number of hydrogen-bond donors (Lipinski definition) is 0. The zero-order chi connectivity index (χ0) is 12.6. The maximum atomic E-state index is 11.7. The van der Waals surface area contributed by atoms with Crippen LogP contribution in [0.4, 0.5) is 4.79 Å². The Kier molecular flexibility index (Phi) is 3.31. The van der Waals surface area contributed by atoms with Crippen LogP contribution in [0.2, 0.25) is 0 Å². The number of amides is 1. The fraction of sp³-hybridized carbons (Fsp3) is 0.833. The van der Waals surface area contributed by atoms with E-state index in [-0.39, 0.29) is 17.3 Å². The maximum Gasteiger partial charge on any atom is 0.410 e. The summed E-state index contributed by atoms with van der Waals surface area (Å²) in [6.45, 7) is 7.55. The van der Waals surface area contributed by atoms with Gasteiger partial charge in [0.1, 0.15) is 11.4 Å². The van der Waals surface area contributed by atoms with E-state index < -0.39 is 5.60 Å². The van der Waals surface area contributed by atoms with E-state index in [9.17, 15) is 9.59 Å². The maximum absolute atomic E-state index is 11.7. The number of ether oxygens (including phenoxy) is 1. The zero-order valence-electron chi connectivity index (χ0n) is 10.8. The number of Topliss-reactive ketones (excluding diaryl/α,β-unsaturated/α-hetero) is 1. The minimum Gasteiger partial charge on any atom is -0.444 e. The zero-order valence-corrected chi connectivity index (χ0v) is 10.8. The highest BCUT2D eigenvalue weighted by Gasteiger charge is 2.48. The van der Waals surface area contributed by atoms with Gasteiger partial charge in [0.15, 0.2) is 0 Å². The van der Waals surface area contributed by atoms with Gasteiger partial charge in [0.25, 0.3) is 0 Å². The Bertz CT molecular complexity index is 300. The Morgan fingerprint density at radius 1 is 1.31 bits per heavy atom. The van der Waals surface area contributed by atoms with Crippen molar-refractivity contribution in [3.8, 4) is 0 Å². The van der Waals surface area contributed by atoms with Crippen molar-refractivity contribution < 1.29 is 14.3 Å². The fourth-order valence-corrected chi connectivity index (χ4v) is 1.63. The van der Waals surface area contributed by atoms with E-state index in [0.717, 1.165) is 12.8 Å². The molecule has 0 aromatic heterocycles. The highest BCUT2D eigenvalue weighted by Crippen LogP contribution is 2.46. The van der Waals surface area contributed by atoms with Crippen molar-refractivity contribution >= 4 is 11.9 Å². The summed E-state index contributed by atoms with van der Waals surface area (Å²) in [6, 6.07) is 0. The molecule has 0 spiro atoms. The number of hydrogen-bond acceptors (Lipinski definition) is 3. The predicted octanol–water partition coefficient (Wildman–Crippen LogP) is 2.22. The summed E-state index contributed by atoms with van der Waals surface area (Å²) in [5, 5.41) is 0. The lowest BCUT2D eigenvalue weighted by Crippen LogP contribution is -2.39. The van der Waals surface area contributed by atoms with Crippen LogP contribution in [0, 0.1) is 5.41 Å². The second-order valence-electron chi connectivity index (χ2n) is 5.67. The summed E-state index contributed by atoms with van der Waals surface area (Å²) in [4.78, 5) is 24.6. The quantitative estimate of drug-likeness (QED) is 0.742. The first-order valence-electron chi connectivity index (χ1n) is 5.61. The molecule has 0 bridgehead atoms. The van der Waals surface area contributed by atoms with Gasteiger partial charge in [-0.2, -0.15) is 0 Å². The summed E-state index contributed by atoms with van der Waals surface area (Å²) in [6.07, 6.45) is 1.41. The van der Waals surface area contributed by atoms with E-state index in [1.807, 2.05) is 20.8 Å². The Balaban J connectivity index is 2.50. The number of rotatable bonds is 3. The molecular formula is C12H21NO3. The van der Waals surface area contributed by atoms with Gasteiger partial charge in [0.2, 0.25) is 0 Å². The molecule has 4 nitrogen and oxygen atoms in total. The summed E-state index contributed by atoms with van der Waals surface area (Å²) in [5.74, 6) is 0.169. The molecule has 16 heavy (non-hydrogen) atoms. The molecule has 0 unspecified atom stereocenters. The average Bonchev–Trinajstić information content (AvgIpc) is 2.82. The van der Waals surface area contributed by atoms with Gasteiger partial charge in [-0.25, -0.2) is 4.79 Å². The molecule has 0 heterocycles. The third kappa shape index (κ3) is 3.22. The third-order valence-electron chi connectivity index (χ3n) is 2.85. The number of carbonyl (C=O) groups is 2. The van der Waals surface area contributed by atoms with E-state index in [4.69, 9.17) is 4.74 Å². The molecule has 1 rings (SSSR count). The molecule has 1 aliphatic carbocycles. The van der Waals surface area contributed by atoms with Crippen LogP contribution < -0.4 is 0 Å². The van der Waals surface area contributed by atoms with Crippen LogP contribution >= 0.6 is 0 Å². The molecule has 0 aromatic carbocycles. The number of ketones is 1. The van der Waals surface area contributed by atoms with Crippen LogP contribution in [-0.2, 0) is 9.53 Å². The van der Waals surface area contributed by atoms with Gasteiger partial charge in [-0.3, -0.25) is 4.79 Å². The SMILES string of the molecule is CC(=O)C1(CN(C)C(=O)OC(C)(C)C)CC1. The van der Waals surface area contributed by atoms with Crippen LogP contribution in [0.15, 0.2) is 0 Å². The van der Waals surface area contributed by atoms with Gasteiger partial charge in [0.05, 0.1) is 0 Å². The Morgan fingerprint density at radius 2 is 1.81 bits per heavy atom. The second kappa shape index (κ2) is 4.07. The van der Waals surface area contributed by atoms with Crippen LogP contribution in [0.3, 0.4) is 0 Å². The minimum absolute atomic E-state index is 0.169. The normalized spacial score (nSPS) is 17.8. The van der Waals surface area contributed by atoms with Gasteiger partial charge in [0, 0.05) is 19.0 Å². The van der Waals surface area contributed by atoms with E-state index in [2.05, 4.69) is 0 Å². The summed E-state index contributed by atoms with van der Waals surface area (Å²) in [5.41, 5.74) is -0.774. The highest BCUT2D eigenvalue weighted by atomic mass is 16.6. The molecule has 0 atom stereocenters. The fourth-order valence-electron chi connectivity index (χ4n) is 1.63. The topological polar surface area (TPSA) is 46.6 Å². The number of carbonyl (C=O) groups excluding carboxylic acids is 2. The van der Waals surface area contributed by atoms with Gasteiger partial charge in [-0.05, 0) is 40.5 Å². The van der Waals surface area contributed by atoms with Crippen molar-refractivity contribution in [1.82, 2.24) is 4.90 Å². The van der Waals surface area contributed by atoms with Crippen LogP contribution in [-0.4, -0.2) is 36.0 Å². The van der Waals surface area contributed by atoms with Crippen molar-refractivity contribution in [3.05, 3.63) is 0 Å². The summed E-state index contributed by atoms with van der Waals surface area (Å²) >= 11 is 0. The second-order valence-corrected chi connectivity index (χ2v) is 5.67. The van der Waals surface area contributed by atoms with Gasteiger partial charge in [-0.15, -0.1) is 0 Å². The van der Waals surface area contributed by atoms with Crippen molar-refractivity contribution in [2.24, 2.45) is 5.41 Å². The minimum atomic E-state index is -0.488. The molecule has 1 saturated carbocycles. The van der Waals surface area contributed by atoms with E-state index in [1.165, 1.54) is 4.90 Å². The average molecular weight is 227 g/mol. The van der Waals surface area contributed by atoms with Gasteiger partial charge < -0.3 is 9.64 Å². The molecule has 1 amide bonds. The summed E-state index contributed by atoms with van der Waals surface area (Å²) in [7, 11) is 1.68. The molecule has 1 aliphatic rings. The lowest BCUT2D eigenvalue weighted by Gasteiger charge is -2.26. The lowest BCUT2D eigenvalue weighted by molar-refractivity contribution is -0.122. The molecule has 4 heteroatoms. The molecular weight excluding hydrogens is 206 g/mol. The largest absolute Gasteiger partial charge is 0.444 e.